The average Bonchev–Trinajstić information content (AvgIpc) is 2.05. The monoisotopic (exact) mass is 173 g/mol. The van der Waals surface area contributed by atoms with Gasteiger partial charge in [0.2, 0.25) is 0 Å². The molecule has 0 radical (unpaired) electrons. The van der Waals surface area contributed by atoms with Crippen molar-refractivity contribution in [1.29, 1.82) is 0 Å². The van der Waals surface area contributed by atoms with Gasteiger partial charge in [-0.2, -0.15) is 0 Å². The summed E-state index contributed by atoms with van der Waals surface area (Å²) >= 11 is 0. The minimum absolute atomic E-state index is 0.495. The van der Waals surface area contributed by atoms with Crippen molar-refractivity contribution in [2.75, 3.05) is 13.1 Å². The largest absolute Gasteiger partial charge is 0.327 e. The van der Waals surface area contributed by atoms with Crippen molar-refractivity contribution in [2.24, 2.45) is 0 Å². The third-order valence-electron chi connectivity index (χ3n) is 2.42. The van der Waals surface area contributed by atoms with Crippen LogP contribution in [0.3, 0.4) is 0 Å². The number of hydrogen-bond donors (Lipinski definition) is 0. The van der Waals surface area contributed by atoms with Crippen LogP contribution in [-0.4, -0.2) is 26.6 Å². The summed E-state index contributed by atoms with van der Waals surface area (Å²) < 4.78 is 2.70. The molecule has 0 heterocycles. The Morgan fingerprint density at radius 1 is 1.00 bits per heavy atom. The molecule has 11 heavy (non-hydrogen) atoms. The zero-order valence-electron chi connectivity index (χ0n) is 8.56. The first kappa shape index (κ1) is 11.2. The van der Waals surface area contributed by atoms with Crippen molar-refractivity contribution >= 4 is 8.96 Å². The lowest BCUT2D eigenvalue weighted by Crippen LogP contribution is -2.38. The molecule has 0 bridgehead atoms. The summed E-state index contributed by atoms with van der Waals surface area (Å²) in [5.74, 6) is 0. The van der Waals surface area contributed by atoms with Gasteiger partial charge in [-0.25, -0.2) is 0 Å². The van der Waals surface area contributed by atoms with E-state index in [2.05, 4.69) is 32.3 Å². The fourth-order valence-electron chi connectivity index (χ4n) is 1.72. The fraction of sp³-hybridized carbons (Fsp3) is 1.00. The summed E-state index contributed by atoms with van der Waals surface area (Å²) in [6.45, 7) is 11.8. The van der Waals surface area contributed by atoms with E-state index in [1.807, 2.05) is 0 Å². The van der Waals surface area contributed by atoms with E-state index in [0.717, 1.165) is 0 Å². The van der Waals surface area contributed by atoms with Crippen LogP contribution in [0.1, 0.15) is 34.1 Å². The second kappa shape index (κ2) is 6.86. The highest BCUT2D eigenvalue weighted by Crippen LogP contribution is 2.07. The molecule has 0 aromatic rings. The molecule has 0 rings (SSSR count). The fourth-order valence-corrected chi connectivity index (χ4v) is 4.71. The molecule has 0 aliphatic rings. The molecule has 0 aromatic heterocycles. The molecule has 1 unspecified atom stereocenters. The van der Waals surface area contributed by atoms with Crippen LogP contribution in [0.5, 0.6) is 0 Å². The molecule has 0 amide bonds. The molecule has 0 N–H and O–H groups in total. The van der Waals surface area contributed by atoms with Crippen LogP contribution in [0.2, 0.25) is 12.1 Å². The Bertz CT molecular complexity index is 81.6. The Morgan fingerprint density at radius 3 is 1.82 bits per heavy atom. The second-order valence-electron chi connectivity index (χ2n) is 3.07. The highest BCUT2D eigenvalue weighted by Gasteiger charge is 2.13. The first-order valence-electron chi connectivity index (χ1n) is 5.04. The van der Waals surface area contributed by atoms with E-state index in [0.29, 0.717) is 0 Å². The number of rotatable bonds is 6. The first-order valence-corrected chi connectivity index (χ1v) is 7.18. The SMILES string of the molecule is CCC[SiH](CC)N(CC)CC. The number of nitrogens with zero attached hydrogens (tertiary/aromatic N) is 1. The smallest absolute Gasteiger partial charge is 0.111 e. The van der Waals surface area contributed by atoms with Crippen LogP contribution in [0.4, 0.5) is 0 Å². The van der Waals surface area contributed by atoms with Gasteiger partial charge in [0.05, 0.1) is 0 Å². The van der Waals surface area contributed by atoms with E-state index >= 15 is 0 Å². The van der Waals surface area contributed by atoms with Crippen LogP contribution in [0, 0.1) is 0 Å². The van der Waals surface area contributed by atoms with Crippen LogP contribution in [0.15, 0.2) is 0 Å². The topological polar surface area (TPSA) is 3.24 Å². The molecule has 0 fully saturated rings. The molecule has 2 heteroatoms. The summed E-state index contributed by atoms with van der Waals surface area (Å²) in [5, 5.41) is 0. The lowest BCUT2D eigenvalue weighted by Gasteiger charge is -2.27. The van der Waals surface area contributed by atoms with Gasteiger partial charge in [-0.15, -0.1) is 0 Å². The molecule has 0 aliphatic carbocycles. The van der Waals surface area contributed by atoms with Gasteiger partial charge in [0, 0.05) is 0 Å². The Balaban J connectivity index is 3.76. The van der Waals surface area contributed by atoms with Crippen molar-refractivity contribution in [3.8, 4) is 0 Å². The second-order valence-corrected chi connectivity index (χ2v) is 6.50. The van der Waals surface area contributed by atoms with Crippen LogP contribution < -0.4 is 0 Å². The van der Waals surface area contributed by atoms with Crippen molar-refractivity contribution in [2.45, 2.75) is 46.2 Å². The van der Waals surface area contributed by atoms with Gasteiger partial charge in [-0.3, -0.25) is 0 Å². The van der Waals surface area contributed by atoms with Crippen LogP contribution >= 0.6 is 0 Å². The van der Waals surface area contributed by atoms with Crippen LogP contribution in [0.25, 0.3) is 0 Å². The van der Waals surface area contributed by atoms with E-state index in [1.165, 1.54) is 31.6 Å². The molecule has 1 nitrogen and oxygen atoms in total. The van der Waals surface area contributed by atoms with Gasteiger partial charge in [-0.05, 0) is 25.2 Å². The zero-order valence-corrected chi connectivity index (χ0v) is 9.71. The quantitative estimate of drug-likeness (QED) is 0.558. The van der Waals surface area contributed by atoms with Gasteiger partial charge in [0.1, 0.15) is 8.96 Å². The van der Waals surface area contributed by atoms with Crippen molar-refractivity contribution < 1.29 is 0 Å². The zero-order chi connectivity index (χ0) is 8.69. The molecule has 0 aromatic carbocycles. The molecule has 0 saturated carbocycles. The van der Waals surface area contributed by atoms with Crippen molar-refractivity contribution in [3.05, 3.63) is 0 Å². The Kier molecular flexibility index (Phi) is 6.97. The first-order chi connectivity index (χ1) is 5.29. The predicted molar refractivity (Wildman–Crippen MR) is 55.6 cm³/mol. The Morgan fingerprint density at radius 2 is 1.55 bits per heavy atom. The standard InChI is InChI=1S/C9H23NSi/c1-5-9-11(8-4)10(6-2)7-3/h11H,5-9H2,1-4H3. The van der Waals surface area contributed by atoms with E-state index in [-0.39, 0.29) is 0 Å². The van der Waals surface area contributed by atoms with Gasteiger partial charge in [0.15, 0.2) is 0 Å². The maximum atomic E-state index is 2.70. The summed E-state index contributed by atoms with van der Waals surface area (Å²) in [5.41, 5.74) is 0. The third kappa shape index (κ3) is 3.92. The number of hydrogen-bond acceptors (Lipinski definition) is 1. The van der Waals surface area contributed by atoms with Gasteiger partial charge < -0.3 is 4.57 Å². The van der Waals surface area contributed by atoms with Crippen molar-refractivity contribution in [3.63, 3.8) is 0 Å². The summed E-state index contributed by atoms with van der Waals surface area (Å²) in [6, 6.07) is 2.94. The molecular weight excluding hydrogens is 150 g/mol. The normalized spacial score (nSPS) is 13.9. The van der Waals surface area contributed by atoms with Crippen molar-refractivity contribution in [1.82, 2.24) is 4.57 Å². The lowest BCUT2D eigenvalue weighted by atomic mass is 10.6. The molecule has 0 spiro atoms. The third-order valence-corrected chi connectivity index (χ3v) is 6.37. The maximum absolute atomic E-state index is 2.70. The van der Waals surface area contributed by atoms with E-state index < -0.39 is 8.96 Å². The highest BCUT2D eigenvalue weighted by atomic mass is 28.3. The molecule has 0 aliphatic heterocycles. The summed E-state index contributed by atoms with van der Waals surface area (Å²) in [7, 11) is -0.495. The van der Waals surface area contributed by atoms with Gasteiger partial charge >= 0.3 is 0 Å². The summed E-state index contributed by atoms with van der Waals surface area (Å²) in [6.07, 6.45) is 1.38. The van der Waals surface area contributed by atoms with E-state index in [4.69, 9.17) is 0 Å². The summed E-state index contributed by atoms with van der Waals surface area (Å²) in [4.78, 5) is 0. The molecular formula is C9H23NSi. The molecule has 0 saturated heterocycles. The van der Waals surface area contributed by atoms with Gasteiger partial charge in [0.25, 0.3) is 0 Å². The van der Waals surface area contributed by atoms with E-state index in [9.17, 15) is 0 Å². The Labute approximate surface area is 73.5 Å². The Hall–Kier alpha value is 0.177. The minimum atomic E-state index is -0.495. The molecule has 1 atom stereocenters. The lowest BCUT2D eigenvalue weighted by molar-refractivity contribution is 0.474. The maximum Gasteiger partial charge on any atom is 0.111 e. The molecule has 68 valence electrons. The minimum Gasteiger partial charge on any atom is -0.327 e. The predicted octanol–water partition coefficient (Wildman–Crippen LogP) is 2.48. The van der Waals surface area contributed by atoms with E-state index in [1.54, 1.807) is 0 Å². The van der Waals surface area contributed by atoms with Crippen LogP contribution in [-0.2, 0) is 0 Å². The average molecular weight is 173 g/mol. The highest BCUT2D eigenvalue weighted by molar-refractivity contribution is 6.55. The van der Waals surface area contributed by atoms with Gasteiger partial charge in [-0.1, -0.05) is 34.1 Å².